The van der Waals surface area contributed by atoms with Crippen LogP contribution in [-0.2, 0) is 6.42 Å². The second kappa shape index (κ2) is 4.34. The zero-order valence-electron chi connectivity index (χ0n) is 9.73. The van der Waals surface area contributed by atoms with E-state index in [1.54, 1.807) is 0 Å². The maximum absolute atomic E-state index is 5.67. The average Bonchev–Trinajstić information content (AvgIpc) is 2.94. The number of nitrogens with two attached hydrogens (primary N) is 1. The number of aromatic nitrogens is 1. The van der Waals surface area contributed by atoms with E-state index in [-0.39, 0.29) is 0 Å². The summed E-state index contributed by atoms with van der Waals surface area (Å²) < 4.78 is 5.45. The second-order valence-corrected chi connectivity index (χ2v) is 4.55. The number of aryl methyl sites for hydroxylation is 1. The zero-order chi connectivity index (χ0) is 11.7. The first-order valence-corrected chi connectivity index (χ1v) is 6.14. The molecule has 2 aromatic rings. The molecule has 0 bridgehead atoms. The van der Waals surface area contributed by atoms with Crippen LogP contribution in [0.25, 0.3) is 11.3 Å². The molecular weight excluding hydrogens is 212 g/mol. The van der Waals surface area contributed by atoms with Gasteiger partial charge in [0.15, 0.2) is 0 Å². The Hall–Kier alpha value is -1.61. The molecule has 3 rings (SSSR count). The van der Waals surface area contributed by atoms with E-state index in [1.807, 2.05) is 18.2 Å². The van der Waals surface area contributed by atoms with Crippen LogP contribution in [0.15, 0.2) is 34.9 Å². The molecule has 1 heterocycles. The molecule has 1 unspecified atom stereocenters. The molecule has 17 heavy (non-hydrogen) atoms. The van der Waals surface area contributed by atoms with Gasteiger partial charge >= 0.3 is 0 Å². The van der Waals surface area contributed by atoms with E-state index in [9.17, 15) is 0 Å². The topological polar surface area (TPSA) is 52.0 Å². The first kappa shape index (κ1) is 10.5. The zero-order valence-corrected chi connectivity index (χ0v) is 9.73. The smallest absolute Gasteiger partial charge is 0.140 e. The SMILES string of the molecule is NCCC1CCc2onc(-c3ccccc3)c21. The van der Waals surface area contributed by atoms with Gasteiger partial charge in [0.25, 0.3) is 0 Å². The third-order valence-corrected chi connectivity index (χ3v) is 3.49. The minimum Gasteiger partial charge on any atom is -0.360 e. The average molecular weight is 228 g/mol. The molecule has 0 fully saturated rings. The molecule has 3 heteroatoms. The number of fused-ring (bicyclic) bond motifs is 1. The van der Waals surface area contributed by atoms with Crippen molar-refractivity contribution in [2.24, 2.45) is 5.73 Å². The Bertz CT molecular complexity index is 504. The summed E-state index contributed by atoms with van der Waals surface area (Å²) in [7, 11) is 0. The number of hydrogen-bond donors (Lipinski definition) is 1. The van der Waals surface area contributed by atoms with Crippen LogP contribution in [0.2, 0.25) is 0 Å². The highest BCUT2D eigenvalue weighted by atomic mass is 16.5. The lowest BCUT2D eigenvalue weighted by molar-refractivity contribution is 0.387. The monoisotopic (exact) mass is 228 g/mol. The van der Waals surface area contributed by atoms with Crippen LogP contribution in [0.1, 0.15) is 30.1 Å². The van der Waals surface area contributed by atoms with Crippen LogP contribution in [0.4, 0.5) is 0 Å². The lowest BCUT2D eigenvalue weighted by atomic mass is 9.95. The summed E-state index contributed by atoms with van der Waals surface area (Å²) in [6, 6.07) is 10.2. The largest absolute Gasteiger partial charge is 0.360 e. The summed E-state index contributed by atoms with van der Waals surface area (Å²) in [6.07, 6.45) is 3.17. The summed E-state index contributed by atoms with van der Waals surface area (Å²) >= 11 is 0. The van der Waals surface area contributed by atoms with Crippen molar-refractivity contribution in [3.63, 3.8) is 0 Å². The van der Waals surface area contributed by atoms with E-state index in [0.29, 0.717) is 5.92 Å². The quantitative estimate of drug-likeness (QED) is 0.878. The highest BCUT2D eigenvalue weighted by Gasteiger charge is 2.30. The van der Waals surface area contributed by atoms with Crippen LogP contribution in [0.3, 0.4) is 0 Å². The first-order chi connectivity index (χ1) is 8.40. The molecule has 3 nitrogen and oxygen atoms in total. The Kier molecular flexibility index (Phi) is 2.69. The predicted molar refractivity (Wildman–Crippen MR) is 66.7 cm³/mol. The predicted octanol–water partition coefficient (Wildman–Crippen LogP) is 2.72. The molecule has 1 atom stereocenters. The molecule has 0 aliphatic heterocycles. The van der Waals surface area contributed by atoms with E-state index >= 15 is 0 Å². The van der Waals surface area contributed by atoms with Crippen molar-refractivity contribution in [3.8, 4) is 11.3 Å². The van der Waals surface area contributed by atoms with Gasteiger partial charge < -0.3 is 10.3 Å². The van der Waals surface area contributed by atoms with Crippen molar-refractivity contribution in [1.82, 2.24) is 5.16 Å². The van der Waals surface area contributed by atoms with Crippen molar-refractivity contribution in [2.75, 3.05) is 6.54 Å². The lowest BCUT2D eigenvalue weighted by Crippen LogP contribution is -2.05. The van der Waals surface area contributed by atoms with Crippen molar-refractivity contribution in [2.45, 2.75) is 25.2 Å². The fourth-order valence-electron chi connectivity index (χ4n) is 2.68. The maximum atomic E-state index is 5.67. The Morgan fingerprint density at radius 3 is 2.88 bits per heavy atom. The van der Waals surface area contributed by atoms with Crippen molar-refractivity contribution in [3.05, 3.63) is 41.7 Å². The minimum absolute atomic E-state index is 0.524. The van der Waals surface area contributed by atoms with Crippen LogP contribution < -0.4 is 5.73 Å². The standard InChI is InChI=1S/C14H16N2O/c15-9-8-10-6-7-12-13(10)14(16-17-12)11-4-2-1-3-5-11/h1-5,10H,6-9,15H2. The van der Waals surface area contributed by atoms with Crippen LogP contribution >= 0.6 is 0 Å². The summed E-state index contributed by atoms with van der Waals surface area (Å²) in [4.78, 5) is 0. The number of hydrogen-bond acceptors (Lipinski definition) is 3. The van der Waals surface area contributed by atoms with Crippen molar-refractivity contribution >= 4 is 0 Å². The number of rotatable bonds is 3. The van der Waals surface area contributed by atoms with Crippen LogP contribution in [-0.4, -0.2) is 11.7 Å². The molecule has 1 aromatic carbocycles. The van der Waals surface area contributed by atoms with E-state index < -0.39 is 0 Å². The molecule has 0 spiro atoms. The van der Waals surface area contributed by atoms with Gasteiger partial charge in [-0.05, 0) is 25.3 Å². The van der Waals surface area contributed by atoms with Crippen LogP contribution in [0, 0.1) is 0 Å². The van der Waals surface area contributed by atoms with Gasteiger partial charge in [0, 0.05) is 17.5 Å². The van der Waals surface area contributed by atoms with Crippen LogP contribution in [0.5, 0.6) is 0 Å². The van der Waals surface area contributed by atoms with Gasteiger partial charge in [-0.2, -0.15) is 0 Å². The molecule has 1 aliphatic rings. The van der Waals surface area contributed by atoms with Gasteiger partial charge in [0.05, 0.1) is 0 Å². The summed E-state index contributed by atoms with van der Waals surface area (Å²) in [5, 5.41) is 4.22. The normalized spacial score (nSPS) is 18.3. The van der Waals surface area contributed by atoms with Crippen molar-refractivity contribution in [1.29, 1.82) is 0 Å². The fraction of sp³-hybridized carbons (Fsp3) is 0.357. The third kappa shape index (κ3) is 1.76. The van der Waals surface area contributed by atoms with Gasteiger partial charge in [-0.1, -0.05) is 35.5 Å². The summed E-state index contributed by atoms with van der Waals surface area (Å²) in [5.74, 6) is 1.58. The van der Waals surface area contributed by atoms with E-state index in [2.05, 4.69) is 17.3 Å². The van der Waals surface area contributed by atoms with Gasteiger partial charge in [-0.3, -0.25) is 0 Å². The van der Waals surface area contributed by atoms with E-state index in [1.165, 1.54) is 5.56 Å². The second-order valence-electron chi connectivity index (χ2n) is 4.55. The van der Waals surface area contributed by atoms with Gasteiger partial charge in [0.1, 0.15) is 11.5 Å². The molecule has 0 amide bonds. The van der Waals surface area contributed by atoms with Gasteiger partial charge in [-0.15, -0.1) is 0 Å². The highest BCUT2D eigenvalue weighted by molar-refractivity contribution is 5.65. The molecule has 2 N–H and O–H groups in total. The van der Waals surface area contributed by atoms with Crippen molar-refractivity contribution < 1.29 is 4.52 Å². The summed E-state index contributed by atoms with van der Waals surface area (Å²) in [5.41, 5.74) is 9.12. The molecule has 0 saturated heterocycles. The van der Waals surface area contributed by atoms with E-state index in [4.69, 9.17) is 10.3 Å². The third-order valence-electron chi connectivity index (χ3n) is 3.49. The molecule has 0 radical (unpaired) electrons. The Labute approximate surface area is 101 Å². The molecular formula is C14H16N2O. The number of benzene rings is 1. The molecule has 88 valence electrons. The Morgan fingerprint density at radius 2 is 2.12 bits per heavy atom. The number of nitrogens with zero attached hydrogens (tertiary/aromatic N) is 1. The van der Waals surface area contributed by atoms with Gasteiger partial charge in [0.2, 0.25) is 0 Å². The van der Waals surface area contributed by atoms with E-state index in [0.717, 1.165) is 42.8 Å². The lowest BCUT2D eigenvalue weighted by Gasteiger charge is -2.09. The Morgan fingerprint density at radius 1 is 1.29 bits per heavy atom. The maximum Gasteiger partial charge on any atom is 0.140 e. The van der Waals surface area contributed by atoms with Gasteiger partial charge in [-0.25, -0.2) is 0 Å². The highest BCUT2D eigenvalue weighted by Crippen LogP contribution is 2.41. The Balaban J connectivity index is 2.03. The first-order valence-electron chi connectivity index (χ1n) is 6.14. The summed E-state index contributed by atoms with van der Waals surface area (Å²) in [6.45, 7) is 0.726. The minimum atomic E-state index is 0.524. The molecule has 1 aromatic heterocycles. The molecule has 0 saturated carbocycles. The molecule has 1 aliphatic carbocycles. The fourth-order valence-corrected chi connectivity index (χ4v) is 2.68.